The molecule has 7 rings (SSSR count). The average Bonchev–Trinajstić information content (AvgIpc) is 3.23. The fourth-order valence-electron chi connectivity index (χ4n) is 6.07. The van der Waals surface area contributed by atoms with Gasteiger partial charge in [0, 0.05) is 22.8 Å². The predicted octanol–water partition coefficient (Wildman–Crippen LogP) is 8.33. The van der Waals surface area contributed by atoms with Gasteiger partial charge in [-0.05, 0) is 89.9 Å². The average molecular weight is 514 g/mol. The second-order valence-electron chi connectivity index (χ2n) is 10.3. The molecular formula is C34H27NO2S. The molecule has 3 aliphatic rings. The van der Waals surface area contributed by atoms with Crippen molar-refractivity contribution in [3.8, 4) is 22.3 Å². The van der Waals surface area contributed by atoms with Crippen LogP contribution in [0, 0.1) is 0 Å². The maximum absolute atomic E-state index is 13.8. The smallest absolute Gasteiger partial charge is 0.207 e. The molecule has 38 heavy (non-hydrogen) atoms. The highest BCUT2D eigenvalue weighted by atomic mass is 32.2. The Morgan fingerprint density at radius 1 is 0.763 bits per heavy atom. The Hall–Kier alpha value is -4.02. The highest BCUT2D eigenvalue weighted by molar-refractivity contribution is 7.91. The Morgan fingerprint density at radius 2 is 1.53 bits per heavy atom. The third kappa shape index (κ3) is 3.63. The summed E-state index contributed by atoms with van der Waals surface area (Å²) < 4.78 is 27.7. The van der Waals surface area contributed by atoms with Gasteiger partial charge in [0.1, 0.15) is 0 Å². The SMILES string of the molecule is CC1=Nc2c(-c3cc(C4=CCCC=C4)cc(-c4ccccc4)c3)ccc3c2C1Cc1ccccc1S3(=O)=O. The molecule has 3 nitrogen and oxygen atoms in total. The minimum absolute atomic E-state index is 0.0425. The van der Waals surface area contributed by atoms with Crippen LogP contribution in [-0.4, -0.2) is 14.1 Å². The van der Waals surface area contributed by atoms with Crippen molar-refractivity contribution in [1.29, 1.82) is 0 Å². The Labute approximate surface area is 223 Å². The standard InChI is InChI=1S/C34H27NO2S/c1-22-30-21-25-14-8-9-15-31(25)38(36,37)32-17-16-29(34(35-22)33(30)32)28-19-26(23-10-4-2-5-11-23)18-27(20-28)24-12-6-3-7-13-24/h2,4-6,8-20,30H,3,7,21H2,1H3. The lowest BCUT2D eigenvalue weighted by molar-refractivity contribution is 0.595. The maximum atomic E-state index is 13.8. The van der Waals surface area contributed by atoms with Crippen molar-refractivity contribution < 1.29 is 8.42 Å². The fourth-order valence-corrected chi connectivity index (χ4v) is 7.84. The van der Waals surface area contributed by atoms with E-state index in [2.05, 4.69) is 60.7 Å². The number of hydrogen-bond donors (Lipinski definition) is 0. The molecule has 0 saturated heterocycles. The molecule has 2 aliphatic heterocycles. The lowest BCUT2D eigenvalue weighted by atomic mass is 9.87. The molecule has 0 N–H and O–H groups in total. The Morgan fingerprint density at radius 3 is 2.34 bits per heavy atom. The summed E-state index contributed by atoms with van der Waals surface area (Å²) in [6.45, 7) is 2.03. The van der Waals surface area contributed by atoms with Crippen LogP contribution in [0.3, 0.4) is 0 Å². The van der Waals surface area contributed by atoms with E-state index in [1.165, 1.54) is 5.57 Å². The molecule has 4 aromatic carbocycles. The van der Waals surface area contributed by atoms with Crippen molar-refractivity contribution in [2.75, 3.05) is 0 Å². The van der Waals surface area contributed by atoms with Gasteiger partial charge in [-0.1, -0.05) is 72.8 Å². The van der Waals surface area contributed by atoms with E-state index < -0.39 is 9.84 Å². The molecule has 4 aromatic rings. The molecule has 0 saturated carbocycles. The summed E-state index contributed by atoms with van der Waals surface area (Å²) in [5, 5.41) is 0. The van der Waals surface area contributed by atoms with Gasteiger partial charge in [0.25, 0.3) is 0 Å². The van der Waals surface area contributed by atoms with Gasteiger partial charge in [-0.15, -0.1) is 0 Å². The molecule has 0 spiro atoms. The van der Waals surface area contributed by atoms with Crippen molar-refractivity contribution in [2.45, 2.75) is 41.9 Å². The van der Waals surface area contributed by atoms with E-state index in [0.717, 1.165) is 63.2 Å². The first-order valence-electron chi connectivity index (χ1n) is 13.1. The number of sulfone groups is 1. The third-order valence-electron chi connectivity index (χ3n) is 7.97. The van der Waals surface area contributed by atoms with Gasteiger partial charge < -0.3 is 0 Å². The zero-order chi connectivity index (χ0) is 25.9. The molecule has 1 atom stereocenters. The molecule has 0 aromatic heterocycles. The highest BCUT2D eigenvalue weighted by Crippen LogP contribution is 2.50. The molecule has 186 valence electrons. The molecule has 1 aliphatic carbocycles. The van der Waals surface area contributed by atoms with Crippen molar-refractivity contribution in [2.24, 2.45) is 4.99 Å². The van der Waals surface area contributed by atoms with E-state index >= 15 is 0 Å². The first-order valence-corrected chi connectivity index (χ1v) is 14.6. The molecule has 2 heterocycles. The molecule has 1 unspecified atom stereocenters. The van der Waals surface area contributed by atoms with Crippen molar-refractivity contribution >= 4 is 26.8 Å². The largest absolute Gasteiger partial charge is 0.256 e. The fraction of sp³-hybridized carbons (Fsp3) is 0.147. The number of nitrogens with zero attached hydrogens (tertiary/aromatic N) is 1. The Balaban J connectivity index is 1.47. The third-order valence-corrected chi connectivity index (χ3v) is 9.89. The molecule has 0 radical (unpaired) electrons. The lowest BCUT2D eigenvalue weighted by Crippen LogP contribution is -2.08. The van der Waals surface area contributed by atoms with E-state index in [4.69, 9.17) is 4.99 Å². The molecule has 0 fully saturated rings. The number of benzene rings is 4. The van der Waals surface area contributed by atoms with Crippen LogP contribution in [0.1, 0.15) is 42.4 Å². The van der Waals surface area contributed by atoms with Gasteiger partial charge in [-0.3, -0.25) is 4.99 Å². The van der Waals surface area contributed by atoms with E-state index in [1.54, 1.807) is 12.1 Å². The van der Waals surface area contributed by atoms with Crippen molar-refractivity contribution in [3.05, 3.63) is 120 Å². The monoisotopic (exact) mass is 513 g/mol. The minimum Gasteiger partial charge on any atom is -0.256 e. The predicted molar refractivity (Wildman–Crippen MR) is 155 cm³/mol. The number of rotatable bonds is 3. The van der Waals surface area contributed by atoms with Crippen LogP contribution in [-0.2, 0) is 16.3 Å². The molecule has 0 amide bonds. The van der Waals surface area contributed by atoms with Gasteiger partial charge in [-0.25, -0.2) is 8.42 Å². The molecule has 0 bridgehead atoms. The number of hydrogen-bond acceptors (Lipinski definition) is 3. The van der Waals surface area contributed by atoms with E-state index in [9.17, 15) is 8.42 Å². The van der Waals surface area contributed by atoms with Crippen LogP contribution >= 0.6 is 0 Å². The van der Waals surface area contributed by atoms with Gasteiger partial charge in [-0.2, -0.15) is 0 Å². The topological polar surface area (TPSA) is 46.5 Å². The van der Waals surface area contributed by atoms with E-state index in [1.807, 2.05) is 37.3 Å². The van der Waals surface area contributed by atoms with Gasteiger partial charge in [0.05, 0.1) is 15.5 Å². The highest BCUT2D eigenvalue weighted by Gasteiger charge is 2.38. The second kappa shape index (κ2) is 8.78. The van der Waals surface area contributed by atoms with Crippen LogP contribution in [0.2, 0.25) is 0 Å². The summed E-state index contributed by atoms with van der Waals surface area (Å²) in [5.74, 6) is -0.0425. The van der Waals surface area contributed by atoms with Gasteiger partial charge >= 0.3 is 0 Å². The summed E-state index contributed by atoms with van der Waals surface area (Å²) in [6.07, 6.45) is 9.47. The Kier molecular flexibility index (Phi) is 5.34. The van der Waals surface area contributed by atoms with Crippen LogP contribution in [0.25, 0.3) is 27.8 Å². The zero-order valence-corrected chi connectivity index (χ0v) is 22.0. The summed E-state index contributed by atoms with van der Waals surface area (Å²) in [6, 6.07) is 28.3. The van der Waals surface area contributed by atoms with E-state index in [-0.39, 0.29) is 5.92 Å². The molecular weight excluding hydrogens is 486 g/mol. The van der Waals surface area contributed by atoms with Gasteiger partial charge in [0.2, 0.25) is 9.84 Å². The first-order chi connectivity index (χ1) is 18.5. The van der Waals surface area contributed by atoms with Crippen LogP contribution in [0.15, 0.2) is 118 Å². The minimum atomic E-state index is -3.64. The zero-order valence-electron chi connectivity index (χ0n) is 21.2. The second-order valence-corrected chi connectivity index (χ2v) is 12.2. The molecule has 4 heteroatoms. The lowest BCUT2D eigenvalue weighted by Gasteiger charge is -2.17. The quantitative estimate of drug-likeness (QED) is 0.276. The van der Waals surface area contributed by atoms with Crippen molar-refractivity contribution in [3.63, 3.8) is 0 Å². The summed E-state index contributed by atoms with van der Waals surface area (Å²) in [7, 11) is -3.64. The van der Waals surface area contributed by atoms with Crippen LogP contribution in [0.5, 0.6) is 0 Å². The summed E-state index contributed by atoms with van der Waals surface area (Å²) in [4.78, 5) is 5.84. The van der Waals surface area contributed by atoms with E-state index in [0.29, 0.717) is 16.2 Å². The Bertz CT molecular complexity index is 1810. The van der Waals surface area contributed by atoms with Crippen molar-refractivity contribution in [1.82, 2.24) is 0 Å². The van der Waals surface area contributed by atoms with Crippen LogP contribution in [0.4, 0.5) is 5.69 Å². The first kappa shape index (κ1) is 23.1. The van der Waals surface area contributed by atoms with Gasteiger partial charge in [0.15, 0.2) is 0 Å². The van der Waals surface area contributed by atoms with Crippen LogP contribution < -0.4 is 0 Å². The maximum Gasteiger partial charge on any atom is 0.207 e. The normalized spacial score (nSPS) is 18.7. The number of aliphatic imine (C=N–C) groups is 1. The summed E-state index contributed by atoms with van der Waals surface area (Å²) >= 11 is 0. The number of allylic oxidation sites excluding steroid dienone is 4. The number of fused-ring (bicyclic) bond motifs is 1. The summed E-state index contributed by atoms with van der Waals surface area (Å²) in [5.41, 5.74) is 10.2.